The topological polar surface area (TPSA) is 67.9 Å². The van der Waals surface area contributed by atoms with Gasteiger partial charge in [-0.05, 0) is 25.8 Å². The van der Waals surface area contributed by atoms with E-state index in [4.69, 9.17) is 9.47 Å². The van der Waals surface area contributed by atoms with Crippen LogP contribution in [-0.4, -0.2) is 70.1 Å². The van der Waals surface area contributed by atoms with Gasteiger partial charge in [0.15, 0.2) is 0 Å². The molecule has 1 spiro atoms. The van der Waals surface area contributed by atoms with Crippen LogP contribution in [0.2, 0.25) is 0 Å². The number of nitrogens with zero attached hydrogens (tertiary/aromatic N) is 1. The molecular formula is C14H28N2O4S. The van der Waals surface area contributed by atoms with Crippen LogP contribution in [0.5, 0.6) is 0 Å². The fraction of sp³-hybridized carbons (Fsp3) is 1.00. The zero-order valence-electron chi connectivity index (χ0n) is 13.1. The summed E-state index contributed by atoms with van der Waals surface area (Å²) in [6.07, 6.45) is 5.11. The SMILES string of the molecule is CCN(CCCNC1CCOC2(CCOC2)C1)S(C)(=O)=O. The van der Waals surface area contributed by atoms with Gasteiger partial charge < -0.3 is 14.8 Å². The van der Waals surface area contributed by atoms with E-state index in [1.54, 1.807) is 0 Å². The van der Waals surface area contributed by atoms with Crippen LogP contribution in [0.4, 0.5) is 0 Å². The van der Waals surface area contributed by atoms with E-state index in [1.807, 2.05) is 6.92 Å². The van der Waals surface area contributed by atoms with Crippen LogP contribution in [0.25, 0.3) is 0 Å². The maximum atomic E-state index is 11.5. The lowest BCUT2D eigenvalue weighted by Crippen LogP contribution is -2.48. The van der Waals surface area contributed by atoms with Crippen molar-refractivity contribution in [3.63, 3.8) is 0 Å². The fourth-order valence-corrected chi connectivity index (χ4v) is 4.12. The smallest absolute Gasteiger partial charge is 0.211 e. The molecule has 0 bridgehead atoms. The Labute approximate surface area is 128 Å². The summed E-state index contributed by atoms with van der Waals surface area (Å²) in [5, 5.41) is 3.55. The average Bonchev–Trinajstić information content (AvgIpc) is 2.85. The van der Waals surface area contributed by atoms with E-state index in [0.29, 0.717) is 25.7 Å². The van der Waals surface area contributed by atoms with Gasteiger partial charge in [-0.3, -0.25) is 0 Å². The quantitative estimate of drug-likeness (QED) is 0.695. The molecule has 0 amide bonds. The van der Waals surface area contributed by atoms with E-state index in [1.165, 1.54) is 10.6 Å². The third-order valence-corrected chi connectivity index (χ3v) is 5.78. The zero-order chi connectivity index (χ0) is 15.3. The number of ether oxygens (including phenoxy) is 2. The lowest BCUT2D eigenvalue weighted by atomic mass is 9.89. The minimum absolute atomic E-state index is 0.0713. The number of hydrogen-bond donors (Lipinski definition) is 1. The molecule has 0 aromatic heterocycles. The van der Waals surface area contributed by atoms with Gasteiger partial charge >= 0.3 is 0 Å². The molecule has 0 aromatic rings. The van der Waals surface area contributed by atoms with E-state index < -0.39 is 10.0 Å². The molecule has 21 heavy (non-hydrogen) atoms. The van der Waals surface area contributed by atoms with Crippen molar-refractivity contribution in [1.82, 2.24) is 9.62 Å². The van der Waals surface area contributed by atoms with Gasteiger partial charge in [-0.15, -0.1) is 0 Å². The van der Waals surface area contributed by atoms with E-state index in [-0.39, 0.29) is 5.60 Å². The molecular weight excluding hydrogens is 292 g/mol. The number of rotatable bonds is 7. The highest BCUT2D eigenvalue weighted by Gasteiger charge is 2.40. The van der Waals surface area contributed by atoms with Crippen LogP contribution in [0.3, 0.4) is 0 Å². The van der Waals surface area contributed by atoms with Crippen LogP contribution in [0.15, 0.2) is 0 Å². The molecule has 6 nitrogen and oxygen atoms in total. The fourth-order valence-electron chi connectivity index (χ4n) is 3.19. The van der Waals surface area contributed by atoms with Gasteiger partial charge in [-0.1, -0.05) is 6.92 Å². The molecule has 0 radical (unpaired) electrons. The Morgan fingerprint density at radius 3 is 2.81 bits per heavy atom. The molecule has 0 saturated carbocycles. The van der Waals surface area contributed by atoms with Crippen molar-refractivity contribution in [1.29, 1.82) is 0 Å². The lowest BCUT2D eigenvalue weighted by Gasteiger charge is -2.37. The monoisotopic (exact) mass is 320 g/mol. The van der Waals surface area contributed by atoms with Crippen molar-refractivity contribution in [2.45, 2.75) is 44.2 Å². The molecule has 2 atom stereocenters. The standard InChI is InChI=1S/C14H28N2O4S/c1-3-16(21(2,17)18)8-4-7-15-13-5-9-20-14(11-13)6-10-19-12-14/h13,15H,3-12H2,1-2H3. The van der Waals surface area contributed by atoms with Crippen molar-refractivity contribution in [3.8, 4) is 0 Å². The second kappa shape index (κ2) is 7.37. The summed E-state index contributed by atoms with van der Waals surface area (Å²) in [4.78, 5) is 0. The van der Waals surface area contributed by atoms with Crippen molar-refractivity contribution in [2.75, 3.05) is 45.7 Å². The Kier molecular flexibility index (Phi) is 6.02. The maximum absolute atomic E-state index is 11.5. The highest BCUT2D eigenvalue weighted by Crippen LogP contribution is 2.32. The van der Waals surface area contributed by atoms with Gasteiger partial charge in [0.25, 0.3) is 0 Å². The summed E-state index contributed by atoms with van der Waals surface area (Å²) in [5.41, 5.74) is -0.0713. The maximum Gasteiger partial charge on any atom is 0.211 e. The summed E-state index contributed by atoms with van der Waals surface area (Å²) in [7, 11) is -3.07. The first-order valence-electron chi connectivity index (χ1n) is 7.85. The number of sulfonamides is 1. The van der Waals surface area contributed by atoms with Crippen molar-refractivity contribution in [3.05, 3.63) is 0 Å². The first-order valence-corrected chi connectivity index (χ1v) is 9.70. The Hall–Kier alpha value is -0.210. The third kappa shape index (κ3) is 4.89. The Balaban J connectivity index is 1.69. The molecule has 0 aromatic carbocycles. The van der Waals surface area contributed by atoms with E-state index >= 15 is 0 Å². The van der Waals surface area contributed by atoms with Crippen LogP contribution in [0.1, 0.15) is 32.6 Å². The molecule has 2 rings (SSSR count). The van der Waals surface area contributed by atoms with Gasteiger partial charge in [0.2, 0.25) is 10.0 Å². The normalized spacial score (nSPS) is 30.3. The molecule has 2 heterocycles. The van der Waals surface area contributed by atoms with Crippen LogP contribution >= 0.6 is 0 Å². The Morgan fingerprint density at radius 1 is 1.38 bits per heavy atom. The molecule has 1 N–H and O–H groups in total. The predicted octanol–water partition coefficient (Wildman–Crippen LogP) is 0.586. The van der Waals surface area contributed by atoms with Crippen LogP contribution in [-0.2, 0) is 19.5 Å². The van der Waals surface area contributed by atoms with Gasteiger partial charge in [0, 0.05) is 38.8 Å². The predicted molar refractivity (Wildman–Crippen MR) is 81.9 cm³/mol. The molecule has 2 unspecified atom stereocenters. The van der Waals surface area contributed by atoms with Gasteiger partial charge in [-0.2, -0.15) is 0 Å². The third-order valence-electron chi connectivity index (χ3n) is 4.40. The first kappa shape index (κ1) is 17.1. The number of nitrogens with one attached hydrogen (secondary N) is 1. The summed E-state index contributed by atoms with van der Waals surface area (Å²) in [6.45, 7) is 6.13. The van der Waals surface area contributed by atoms with Crippen molar-refractivity contribution < 1.29 is 17.9 Å². The lowest BCUT2D eigenvalue weighted by molar-refractivity contribution is -0.0892. The summed E-state index contributed by atoms with van der Waals surface area (Å²) in [5.74, 6) is 0. The largest absolute Gasteiger partial charge is 0.378 e. The molecule has 2 fully saturated rings. The minimum Gasteiger partial charge on any atom is -0.378 e. The highest BCUT2D eigenvalue weighted by atomic mass is 32.2. The van der Waals surface area contributed by atoms with Gasteiger partial charge in [0.1, 0.15) is 0 Å². The summed E-state index contributed by atoms with van der Waals surface area (Å²) >= 11 is 0. The zero-order valence-corrected chi connectivity index (χ0v) is 14.0. The molecule has 2 aliphatic heterocycles. The van der Waals surface area contributed by atoms with Gasteiger partial charge in [-0.25, -0.2) is 12.7 Å². The molecule has 2 aliphatic rings. The van der Waals surface area contributed by atoms with Crippen molar-refractivity contribution >= 4 is 10.0 Å². The molecule has 7 heteroatoms. The van der Waals surface area contributed by atoms with E-state index in [9.17, 15) is 8.42 Å². The Bertz CT molecular complexity index is 421. The second-order valence-electron chi connectivity index (χ2n) is 6.09. The molecule has 0 aliphatic carbocycles. The average molecular weight is 320 g/mol. The first-order chi connectivity index (χ1) is 9.95. The van der Waals surface area contributed by atoms with Crippen LogP contribution in [0, 0.1) is 0 Å². The summed E-state index contributed by atoms with van der Waals surface area (Å²) in [6, 6.07) is 0.453. The minimum atomic E-state index is -3.07. The van der Waals surface area contributed by atoms with Gasteiger partial charge in [0.05, 0.1) is 18.5 Å². The second-order valence-corrected chi connectivity index (χ2v) is 8.07. The highest BCUT2D eigenvalue weighted by molar-refractivity contribution is 7.88. The molecule has 2 saturated heterocycles. The molecule has 124 valence electrons. The van der Waals surface area contributed by atoms with E-state index in [0.717, 1.165) is 45.4 Å². The van der Waals surface area contributed by atoms with Crippen LogP contribution < -0.4 is 5.32 Å². The Morgan fingerprint density at radius 2 is 2.19 bits per heavy atom. The van der Waals surface area contributed by atoms with E-state index in [2.05, 4.69) is 5.32 Å². The number of hydrogen-bond acceptors (Lipinski definition) is 5. The van der Waals surface area contributed by atoms with Crippen molar-refractivity contribution in [2.24, 2.45) is 0 Å². The summed E-state index contributed by atoms with van der Waals surface area (Å²) < 4.78 is 35.9.